The maximum atomic E-state index is 13.8. The normalized spacial score (nSPS) is 19.6. The van der Waals surface area contributed by atoms with Crippen LogP contribution in [0, 0.1) is 11.7 Å². The third kappa shape index (κ3) is 5.94. The predicted molar refractivity (Wildman–Crippen MR) is 113 cm³/mol. The summed E-state index contributed by atoms with van der Waals surface area (Å²) in [4.78, 5) is -1.20. The number of sulfonamides is 1. The Morgan fingerprint density at radius 1 is 0.861 bits per heavy atom. The molecule has 0 atom stereocenters. The molecule has 2 aromatic rings. The van der Waals surface area contributed by atoms with Crippen LogP contribution in [0.15, 0.2) is 52.3 Å². The monoisotopic (exact) mass is 563 g/mol. The average Bonchev–Trinajstić information content (AvgIpc) is 2.68. The van der Waals surface area contributed by atoms with Crippen LogP contribution in [0.1, 0.15) is 32.3 Å². The minimum absolute atomic E-state index is 0.00215. The maximum absolute atomic E-state index is 13.8. The highest BCUT2D eigenvalue weighted by Gasteiger charge is 2.49. The Morgan fingerprint density at radius 2 is 1.42 bits per heavy atom. The molecule has 1 aliphatic carbocycles. The van der Waals surface area contributed by atoms with Crippen molar-refractivity contribution in [3.05, 3.63) is 53.8 Å². The standard InChI is InChI=1S/C21H20F7NO5S2/c1-19(2,35(30,31)18-10-13(20(23,24)25)7-14(22)11-18)12-8-15(9-12)29-36(32,33)17-5-3-16(4-6-17)34-21(26,27)28/h3-7,10-12,15,29H,8-9H2,1-2H3. The zero-order chi connectivity index (χ0) is 27.3. The van der Waals surface area contributed by atoms with Gasteiger partial charge in [-0.1, -0.05) is 0 Å². The van der Waals surface area contributed by atoms with Crippen molar-refractivity contribution >= 4 is 19.9 Å². The molecule has 0 bridgehead atoms. The molecular weight excluding hydrogens is 543 g/mol. The maximum Gasteiger partial charge on any atom is 0.573 e. The smallest absolute Gasteiger partial charge is 0.406 e. The van der Waals surface area contributed by atoms with Gasteiger partial charge >= 0.3 is 12.5 Å². The zero-order valence-corrected chi connectivity index (χ0v) is 20.2. The van der Waals surface area contributed by atoms with Crippen molar-refractivity contribution in [2.45, 2.75) is 59.8 Å². The largest absolute Gasteiger partial charge is 0.573 e. The molecule has 0 unspecified atom stereocenters. The minimum atomic E-state index is -4.96. The first-order valence-corrected chi connectivity index (χ1v) is 13.2. The third-order valence-corrected chi connectivity index (χ3v) is 10.1. The fourth-order valence-corrected chi connectivity index (χ4v) is 6.84. The molecule has 3 rings (SSSR count). The van der Waals surface area contributed by atoms with E-state index < -0.39 is 71.1 Å². The average molecular weight is 564 g/mol. The van der Waals surface area contributed by atoms with Crippen LogP contribution in [-0.2, 0) is 26.0 Å². The van der Waals surface area contributed by atoms with E-state index >= 15 is 0 Å². The Balaban J connectivity index is 1.71. The highest BCUT2D eigenvalue weighted by molar-refractivity contribution is 7.92. The van der Waals surface area contributed by atoms with Crippen LogP contribution in [0.3, 0.4) is 0 Å². The molecule has 1 aliphatic rings. The minimum Gasteiger partial charge on any atom is -0.406 e. The summed E-state index contributed by atoms with van der Waals surface area (Å²) < 4.78 is 145. The van der Waals surface area contributed by atoms with Crippen molar-refractivity contribution < 1.29 is 52.3 Å². The van der Waals surface area contributed by atoms with Crippen molar-refractivity contribution in [3.8, 4) is 5.75 Å². The van der Waals surface area contributed by atoms with E-state index in [9.17, 15) is 47.6 Å². The Labute approximate surface area is 202 Å². The van der Waals surface area contributed by atoms with Crippen LogP contribution in [0.2, 0.25) is 0 Å². The number of sulfone groups is 1. The van der Waals surface area contributed by atoms with E-state index in [2.05, 4.69) is 9.46 Å². The summed E-state index contributed by atoms with van der Waals surface area (Å²) in [7, 11) is -8.64. The second-order valence-electron chi connectivity index (χ2n) is 8.79. The molecule has 2 aromatic carbocycles. The summed E-state index contributed by atoms with van der Waals surface area (Å²) in [5, 5.41) is 0. The summed E-state index contributed by atoms with van der Waals surface area (Å²) in [5.41, 5.74) is -1.46. The molecule has 0 spiro atoms. The Morgan fingerprint density at radius 3 is 1.92 bits per heavy atom. The number of ether oxygens (including phenoxy) is 1. The second kappa shape index (κ2) is 9.17. The molecule has 0 radical (unpaired) electrons. The SMILES string of the molecule is CC(C)(C1CC(NS(=O)(=O)c2ccc(OC(F)(F)F)cc2)C1)S(=O)(=O)c1cc(F)cc(C(F)(F)F)c1. The topological polar surface area (TPSA) is 89.5 Å². The van der Waals surface area contributed by atoms with E-state index in [1.165, 1.54) is 13.8 Å². The summed E-state index contributed by atoms with van der Waals surface area (Å²) in [6.07, 6.45) is -9.91. The van der Waals surface area contributed by atoms with Gasteiger partial charge in [-0.3, -0.25) is 0 Å². The summed E-state index contributed by atoms with van der Waals surface area (Å²) in [6, 6.07) is 3.72. The van der Waals surface area contributed by atoms with E-state index in [1.54, 1.807) is 0 Å². The lowest BCUT2D eigenvalue weighted by Crippen LogP contribution is -2.53. The summed E-state index contributed by atoms with van der Waals surface area (Å²) >= 11 is 0. The number of alkyl halides is 6. The Kier molecular flexibility index (Phi) is 7.18. The first-order valence-electron chi connectivity index (χ1n) is 10.2. The van der Waals surface area contributed by atoms with E-state index in [1.807, 2.05) is 0 Å². The fraction of sp³-hybridized carbons (Fsp3) is 0.429. The number of hydrogen-bond donors (Lipinski definition) is 1. The van der Waals surface area contributed by atoms with Gasteiger partial charge in [-0.15, -0.1) is 13.2 Å². The number of benzene rings is 2. The zero-order valence-electron chi connectivity index (χ0n) is 18.6. The summed E-state index contributed by atoms with van der Waals surface area (Å²) in [5.74, 6) is -2.68. The van der Waals surface area contributed by atoms with Crippen LogP contribution >= 0.6 is 0 Å². The van der Waals surface area contributed by atoms with Gasteiger partial charge in [0.25, 0.3) is 0 Å². The highest BCUT2D eigenvalue weighted by atomic mass is 32.2. The quantitative estimate of drug-likeness (QED) is 0.477. The van der Waals surface area contributed by atoms with E-state index in [0.717, 1.165) is 24.3 Å². The Hall–Kier alpha value is -2.39. The molecule has 6 nitrogen and oxygen atoms in total. The summed E-state index contributed by atoms with van der Waals surface area (Å²) in [6.45, 7) is 2.52. The van der Waals surface area contributed by atoms with Crippen molar-refractivity contribution in [3.63, 3.8) is 0 Å². The lowest BCUT2D eigenvalue weighted by Gasteiger charge is -2.44. The molecular formula is C21H20F7NO5S2. The van der Waals surface area contributed by atoms with Crippen LogP contribution in [-0.4, -0.2) is 34.0 Å². The van der Waals surface area contributed by atoms with E-state index in [4.69, 9.17) is 0 Å². The van der Waals surface area contributed by atoms with Crippen LogP contribution in [0.5, 0.6) is 5.75 Å². The van der Waals surface area contributed by atoms with E-state index in [-0.39, 0.29) is 23.8 Å². The van der Waals surface area contributed by atoms with Crippen molar-refractivity contribution in [2.24, 2.45) is 5.92 Å². The van der Waals surface area contributed by atoms with Crippen LogP contribution in [0.4, 0.5) is 30.7 Å². The van der Waals surface area contributed by atoms with E-state index in [0.29, 0.717) is 12.1 Å². The molecule has 0 aliphatic heterocycles. The first-order chi connectivity index (χ1) is 16.2. The third-order valence-electron chi connectivity index (χ3n) is 6.01. The van der Waals surface area contributed by atoms with Gasteiger partial charge in [-0.25, -0.2) is 25.9 Å². The van der Waals surface area contributed by atoms with Gasteiger partial charge in [0.2, 0.25) is 10.0 Å². The lowest BCUT2D eigenvalue weighted by molar-refractivity contribution is -0.274. The van der Waals surface area contributed by atoms with Crippen molar-refractivity contribution in [2.75, 3.05) is 0 Å². The number of hydrogen-bond acceptors (Lipinski definition) is 5. The number of rotatable bonds is 7. The molecule has 1 saturated carbocycles. The van der Waals surface area contributed by atoms with Gasteiger partial charge in [0.1, 0.15) is 11.6 Å². The van der Waals surface area contributed by atoms with Gasteiger partial charge in [-0.05, 0) is 75.1 Å². The van der Waals surface area contributed by atoms with Crippen LogP contribution in [0.25, 0.3) is 0 Å². The number of nitrogens with one attached hydrogen (secondary N) is 1. The second-order valence-corrected chi connectivity index (χ2v) is 13.0. The molecule has 0 heterocycles. The molecule has 1 fully saturated rings. The predicted octanol–water partition coefficient (Wildman–Crippen LogP) is 5.05. The molecule has 1 N–H and O–H groups in total. The Bertz CT molecular complexity index is 1330. The molecule has 0 aromatic heterocycles. The van der Waals surface area contributed by atoms with Gasteiger partial charge in [0, 0.05) is 6.04 Å². The molecule has 0 amide bonds. The van der Waals surface area contributed by atoms with Crippen molar-refractivity contribution in [1.29, 1.82) is 0 Å². The molecule has 15 heteroatoms. The molecule has 0 saturated heterocycles. The van der Waals surface area contributed by atoms with Gasteiger partial charge in [0.15, 0.2) is 9.84 Å². The molecule has 36 heavy (non-hydrogen) atoms. The van der Waals surface area contributed by atoms with Crippen LogP contribution < -0.4 is 9.46 Å². The van der Waals surface area contributed by atoms with Gasteiger partial charge < -0.3 is 4.74 Å². The van der Waals surface area contributed by atoms with Crippen molar-refractivity contribution in [1.82, 2.24) is 4.72 Å². The van der Waals surface area contributed by atoms with Gasteiger partial charge in [0.05, 0.1) is 20.1 Å². The van der Waals surface area contributed by atoms with Gasteiger partial charge in [-0.2, -0.15) is 13.2 Å². The lowest BCUT2D eigenvalue weighted by atomic mass is 9.73. The molecule has 200 valence electrons. The highest BCUT2D eigenvalue weighted by Crippen LogP contribution is 2.44. The first kappa shape index (κ1) is 28.2. The number of halogens is 7. The fourth-order valence-electron chi connectivity index (χ4n) is 3.79.